The lowest BCUT2D eigenvalue weighted by atomic mass is 10.0. The summed E-state index contributed by atoms with van der Waals surface area (Å²) in [5.41, 5.74) is 0. The van der Waals surface area contributed by atoms with E-state index in [-0.39, 0.29) is 31.1 Å². The Labute approximate surface area is 409 Å². The van der Waals surface area contributed by atoms with Gasteiger partial charge >= 0.3 is 17.9 Å². The predicted octanol–water partition coefficient (Wildman–Crippen LogP) is 19.0. The van der Waals surface area contributed by atoms with Gasteiger partial charge in [-0.3, -0.25) is 14.4 Å². The Morgan fingerprint density at radius 2 is 0.591 bits per heavy atom. The average Bonchev–Trinajstić information content (AvgIpc) is 3.31. The van der Waals surface area contributed by atoms with Crippen molar-refractivity contribution in [1.82, 2.24) is 0 Å². The molecule has 0 saturated heterocycles. The molecular formula is C60H108O6. The molecule has 384 valence electrons. The van der Waals surface area contributed by atoms with Gasteiger partial charge < -0.3 is 14.2 Å². The van der Waals surface area contributed by atoms with E-state index in [0.717, 1.165) is 83.5 Å². The standard InChI is InChI=1S/C60H108O6/c1-4-7-10-13-16-18-20-22-24-26-28-29-30-31-32-34-35-37-39-41-44-47-50-53-59(62)65-56-57(55-64-58(61)52-49-46-43-15-12-9-6-3)66-60(63)54-51-48-45-42-40-38-36-33-27-25-23-21-19-17-14-11-8-5-2/h7,10,16,18,22,24,28-29,57H,4-6,8-9,11-15,17,19-21,23,25-27,30-56H2,1-3H3/b10-7-,18-16-,24-22-,29-28-. The molecule has 0 amide bonds. The van der Waals surface area contributed by atoms with Crippen molar-refractivity contribution in [1.29, 1.82) is 0 Å². The number of ether oxygens (including phenoxy) is 3. The number of allylic oxidation sites excluding steroid dienone is 8. The van der Waals surface area contributed by atoms with Crippen LogP contribution in [0, 0.1) is 0 Å². The van der Waals surface area contributed by atoms with E-state index in [9.17, 15) is 14.4 Å². The highest BCUT2D eigenvalue weighted by Gasteiger charge is 2.19. The molecule has 0 saturated carbocycles. The number of rotatable bonds is 52. The van der Waals surface area contributed by atoms with Crippen LogP contribution < -0.4 is 0 Å². The molecule has 1 unspecified atom stereocenters. The van der Waals surface area contributed by atoms with Gasteiger partial charge in [-0.25, -0.2) is 0 Å². The first kappa shape index (κ1) is 63.4. The van der Waals surface area contributed by atoms with Crippen LogP contribution in [0.2, 0.25) is 0 Å². The zero-order valence-electron chi connectivity index (χ0n) is 44.0. The lowest BCUT2D eigenvalue weighted by Crippen LogP contribution is -2.30. The van der Waals surface area contributed by atoms with Gasteiger partial charge in [0.25, 0.3) is 0 Å². The van der Waals surface area contributed by atoms with Gasteiger partial charge in [0.15, 0.2) is 6.10 Å². The van der Waals surface area contributed by atoms with Crippen molar-refractivity contribution >= 4 is 17.9 Å². The second kappa shape index (κ2) is 55.0. The highest BCUT2D eigenvalue weighted by molar-refractivity contribution is 5.71. The van der Waals surface area contributed by atoms with Crippen LogP contribution in [-0.2, 0) is 28.6 Å². The largest absolute Gasteiger partial charge is 0.462 e. The SMILES string of the molecule is CC/C=C\C/C=C\C/C=C\C/C=C\CCCCCCCCCCCCC(=O)OCC(COC(=O)CCCCCCCCC)OC(=O)CCCCCCCCCCCCCCCCCCCC. The Balaban J connectivity index is 4.16. The summed E-state index contributed by atoms with van der Waals surface area (Å²) in [6.45, 7) is 6.52. The molecule has 0 aromatic carbocycles. The molecule has 0 heterocycles. The lowest BCUT2D eigenvalue weighted by molar-refractivity contribution is -0.167. The van der Waals surface area contributed by atoms with Gasteiger partial charge in [-0.1, -0.05) is 268 Å². The first-order valence-electron chi connectivity index (χ1n) is 28.6. The number of carbonyl (C=O) groups excluding carboxylic acids is 3. The van der Waals surface area contributed by atoms with Crippen LogP contribution in [-0.4, -0.2) is 37.2 Å². The molecule has 0 aliphatic rings. The van der Waals surface area contributed by atoms with Gasteiger partial charge in [-0.15, -0.1) is 0 Å². The first-order valence-corrected chi connectivity index (χ1v) is 28.6. The molecule has 0 radical (unpaired) electrons. The van der Waals surface area contributed by atoms with E-state index < -0.39 is 6.10 Å². The van der Waals surface area contributed by atoms with Crippen LogP contribution in [0.15, 0.2) is 48.6 Å². The molecule has 6 heteroatoms. The molecule has 6 nitrogen and oxygen atoms in total. The highest BCUT2D eigenvalue weighted by Crippen LogP contribution is 2.17. The summed E-state index contributed by atoms with van der Waals surface area (Å²) in [4.78, 5) is 37.9. The molecular weight excluding hydrogens is 817 g/mol. The maximum absolute atomic E-state index is 12.8. The molecule has 0 fully saturated rings. The molecule has 0 N–H and O–H groups in total. The summed E-state index contributed by atoms with van der Waals surface area (Å²) in [6, 6.07) is 0. The van der Waals surface area contributed by atoms with Crippen molar-refractivity contribution < 1.29 is 28.6 Å². The van der Waals surface area contributed by atoms with Gasteiger partial charge in [0.05, 0.1) is 0 Å². The summed E-state index contributed by atoms with van der Waals surface area (Å²) in [7, 11) is 0. The minimum absolute atomic E-state index is 0.0707. The molecule has 0 aromatic heterocycles. The number of hydrogen-bond acceptors (Lipinski definition) is 6. The van der Waals surface area contributed by atoms with E-state index >= 15 is 0 Å². The highest BCUT2D eigenvalue weighted by atomic mass is 16.6. The third kappa shape index (κ3) is 52.3. The van der Waals surface area contributed by atoms with Crippen molar-refractivity contribution in [3.05, 3.63) is 48.6 Å². The maximum Gasteiger partial charge on any atom is 0.306 e. The number of hydrogen-bond donors (Lipinski definition) is 0. The summed E-state index contributed by atoms with van der Waals surface area (Å²) >= 11 is 0. The Bertz CT molecular complexity index is 1150. The Morgan fingerprint density at radius 1 is 0.318 bits per heavy atom. The monoisotopic (exact) mass is 925 g/mol. The maximum atomic E-state index is 12.8. The van der Waals surface area contributed by atoms with Crippen LogP contribution >= 0.6 is 0 Å². The first-order chi connectivity index (χ1) is 32.5. The molecule has 0 rings (SSSR count). The van der Waals surface area contributed by atoms with Crippen LogP contribution in [0.3, 0.4) is 0 Å². The van der Waals surface area contributed by atoms with Crippen molar-refractivity contribution in [3.63, 3.8) is 0 Å². The molecule has 0 spiro atoms. The fourth-order valence-electron chi connectivity index (χ4n) is 8.32. The van der Waals surface area contributed by atoms with Gasteiger partial charge in [0.1, 0.15) is 13.2 Å². The third-order valence-electron chi connectivity index (χ3n) is 12.6. The second-order valence-corrected chi connectivity index (χ2v) is 19.2. The van der Waals surface area contributed by atoms with Gasteiger partial charge in [-0.05, 0) is 57.8 Å². The minimum Gasteiger partial charge on any atom is -0.462 e. The number of carbonyl (C=O) groups is 3. The van der Waals surface area contributed by atoms with E-state index in [2.05, 4.69) is 69.4 Å². The van der Waals surface area contributed by atoms with E-state index in [4.69, 9.17) is 14.2 Å². The number of unbranched alkanes of at least 4 members (excludes halogenated alkanes) is 33. The van der Waals surface area contributed by atoms with Gasteiger partial charge in [-0.2, -0.15) is 0 Å². The molecule has 0 aliphatic heterocycles. The van der Waals surface area contributed by atoms with Gasteiger partial charge in [0, 0.05) is 19.3 Å². The zero-order chi connectivity index (χ0) is 47.9. The minimum atomic E-state index is -0.769. The molecule has 66 heavy (non-hydrogen) atoms. The van der Waals surface area contributed by atoms with Crippen LogP contribution in [0.4, 0.5) is 0 Å². The smallest absolute Gasteiger partial charge is 0.306 e. The fraction of sp³-hybridized carbons (Fsp3) is 0.817. The topological polar surface area (TPSA) is 78.9 Å². The van der Waals surface area contributed by atoms with Crippen molar-refractivity contribution in [3.8, 4) is 0 Å². The molecule has 0 bridgehead atoms. The Kier molecular flexibility index (Phi) is 52.8. The van der Waals surface area contributed by atoms with Crippen LogP contribution in [0.5, 0.6) is 0 Å². The van der Waals surface area contributed by atoms with Crippen molar-refractivity contribution in [2.24, 2.45) is 0 Å². The summed E-state index contributed by atoms with van der Waals surface area (Å²) in [5.74, 6) is -0.867. The van der Waals surface area contributed by atoms with Crippen LogP contribution in [0.1, 0.15) is 297 Å². The lowest BCUT2D eigenvalue weighted by Gasteiger charge is -2.18. The third-order valence-corrected chi connectivity index (χ3v) is 12.6. The van der Waals surface area contributed by atoms with E-state index in [1.54, 1.807) is 0 Å². The van der Waals surface area contributed by atoms with Crippen molar-refractivity contribution in [2.75, 3.05) is 13.2 Å². The van der Waals surface area contributed by atoms with Crippen LogP contribution in [0.25, 0.3) is 0 Å². The number of esters is 3. The normalized spacial score (nSPS) is 12.3. The fourth-order valence-corrected chi connectivity index (χ4v) is 8.32. The second-order valence-electron chi connectivity index (χ2n) is 19.2. The quantitative estimate of drug-likeness (QED) is 0.0262. The Morgan fingerprint density at radius 3 is 0.924 bits per heavy atom. The Hall–Kier alpha value is -2.63. The van der Waals surface area contributed by atoms with Gasteiger partial charge in [0.2, 0.25) is 0 Å². The van der Waals surface area contributed by atoms with E-state index in [1.807, 2.05) is 0 Å². The molecule has 0 aromatic rings. The predicted molar refractivity (Wildman–Crippen MR) is 284 cm³/mol. The van der Waals surface area contributed by atoms with E-state index in [0.29, 0.717) is 19.3 Å². The van der Waals surface area contributed by atoms with Crippen molar-refractivity contribution in [2.45, 2.75) is 303 Å². The summed E-state index contributed by atoms with van der Waals surface area (Å²) in [5, 5.41) is 0. The average molecular weight is 926 g/mol. The summed E-state index contributed by atoms with van der Waals surface area (Å²) < 4.78 is 16.8. The van der Waals surface area contributed by atoms with E-state index in [1.165, 1.54) is 173 Å². The zero-order valence-corrected chi connectivity index (χ0v) is 44.0. The molecule has 1 atom stereocenters. The molecule has 0 aliphatic carbocycles. The summed E-state index contributed by atoms with van der Waals surface area (Å²) in [6.07, 6.45) is 66.9.